The minimum Gasteiger partial charge on any atom is -0.481 e. The van der Waals surface area contributed by atoms with Gasteiger partial charge in [-0.15, -0.1) is 0 Å². The van der Waals surface area contributed by atoms with Crippen molar-refractivity contribution in [3.63, 3.8) is 0 Å². The van der Waals surface area contributed by atoms with Crippen LogP contribution in [0.5, 0.6) is 0 Å². The fraction of sp³-hybridized carbons (Fsp3) is 0.556. The van der Waals surface area contributed by atoms with Gasteiger partial charge >= 0.3 is 12.1 Å². The van der Waals surface area contributed by atoms with E-state index in [0.717, 1.165) is 0 Å². The Morgan fingerprint density at radius 1 is 1.42 bits per heavy atom. The lowest BCUT2D eigenvalue weighted by molar-refractivity contribution is -0.139. The first-order valence-corrected chi connectivity index (χ1v) is 8.71. The van der Waals surface area contributed by atoms with Gasteiger partial charge in [0.05, 0.1) is 24.2 Å². The molecular formula is C18H23ClFNO5. The topological polar surface area (TPSA) is 76.1 Å². The normalized spacial score (nSPS) is 21.2. The number of aliphatic carboxylic acids is 1. The molecule has 1 fully saturated rings. The van der Waals surface area contributed by atoms with Crippen molar-refractivity contribution in [3.8, 4) is 0 Å². The fourth-order valence-corrected chi connectivity index (χ4v) is 2.96. The van der Waals surface area contributed by atoms with Crippen LogP contribution in [-0.2, 0) is 14.3 Å². The number of rotatable bonds is 3. The molecule has 0 saturated carbocycles. The van der Waals surface area contributed by atoms with Crippen LogP contribution in [0.3, 0.4) is 0 Å². The van der Waals surface area contributed by atoms with E-state index in [9.17, 15) is 19.1 Å². The highest BCUT2D eigenvalue weighted by atomic mass is 35.5. The van der Waals surface area contributed by atoms with E-state index in [2.05, 4.69) is 0 Å². The molecule has 1 amide bonds. The number of halogens is 2. The Hall–Kier alpha value is -1.86. The van der Waals surface area contributed by atoms with E-state index in [4.69, 9.17) is 21.1 Å². The van der Waals surface area contributed by atoms with E-state index in [0.29, 0.717) is 5.56 Å². The standard InChI is InChI=1S/C18H23ClFNO5/c1-18(2,3)26-17(24)21-6-7-25-16(12(10-21)9-15(22)23)11-4-5-13(19)14(20)8-11/h4-5,8,12,16H,6-7,9-10H2,1-3H3,(H,22,23)/t12-,16+/m1/s1. The summed E-state index contributed by atoms with van der Waals surface area (Å²) in [6.45, 7) is 5.85. The number of carboxylic acids is 1. The molecule has 0 aliphatic carbocycles. The van der Waals surface area contributed by atoms with E-state index in [1.165, 1.54) is 17.0 Å². The van der Waals surface area contributed by atoms with Gasteiger partial charge < -0.3 is 19.5 Å². The molecule has 2 rings (SSSR count). The number of benzene rings is 1. The number of hydrogen-bond donors (Lipinski definition) is 1. The third kappa shape index (κ3) is 5.57. The van der Waals surface area contributed by atoms with Gasteiger partial charge in [0.25, 0.3) is 0 Å². The molecule has 1 N–H and O–H groups in total. The van der Waals surface area contributed by atoms with Gasteiger partial charge in [-0.05, 0) is 38.5 Å². The number of hydrogen-bond acceptors (Lipinski definition) is 4. The van der Waals surface area contributed by atoms with Gasteiger partial charge in [-0.2, -0.15) is 0 Å². The van der Waals surface area contributed by atoms with Crippen LogP contribution >= 0.6 is 11.6 Å². The number of carbonyl (C=O) groups excluding carboxylic acids is 1. The lowest BCUT2D eigenvalue weighted by Gasteiger charge is -2.29. The lowest BCUT2D eigenvalue weighted by Crippen LogP contribution is -2.40. The summed E-state index contributed by atoms with van der Waals surface area (Å²) in [5, 5.41) is 9.23. The SMILES string of the molecule is CC(C)(C)OC(=O)N1CCO[C@@H](c2ccc(Cl)c(F)c2)[C@H](CC(=O)O)C1. The third-order valence-electron chi connectivity index (χ3n) is 3.90. The molecule has 1 aromatic rings. The molecule has 26 heavy (non-hydrogen) atoms. The van der Waals surface area contributed by atoms with Gasteiger partial charge in [0.1, 0.15) is 11.4 Å². The summed E-state index contributed by atoms with van der Waals surface area (Å²) in [6, 6.07) is 4.25. The molecule has 0 aromatic heterocycles. The summed E-state index contributed by atoms with van der Waals surface area (Å²) in [5.74, 6) is -2.18. The van der Waals surface area contributed by atoms with E-state index in [1.54, 1.807) is 26.8 Å². The van der Waals surface area contributed by atoms with Crippen molar-refractivity contribution >= 4 is 23.7 Å². The van der Waals surface area contributed by atoms with Crippen molar-refractivity contribution in [2.45, 2.75) is 38.9 Å². The monoisotopic (exact) mass is 387 g/mol. The third-order valence-corrected chi connectivity index (χ3v) is 4.21. The second kappa shape index (κ2) is 8.22. The van der Waals surface area contributed by atoms with Crippen molar-refractivity contribution in [3.05, 3.63) is 34.6 Å². The Balaban J connectivity index is 2.25. The average Bonchev–Trinajstić information content (AvgIpc) is 2.70. The van der Waals surface area contributed by atoms with Gasteiger partial charge in [0.15, 0.2) is 0 Å². The summed E-state index contributed by atoms with van der Waals surface area (Å²) < 4.78 is 25.0. The molecule has 1 aromatic carbocycles. The Labute approximate surface area is 156 Å². The first-order chi connectivity index (χ1) is 12.1. The molecule has 0 unspecified atom stereocenters. The van der Waals surface area contributed by atoms with Crippen molar-refractivity contribution < 1.29 is 28.6 Å². The largest absolute Gasteiger partial charge is 0.481 e. The molecule has 0 radical (unpaired) electrons. The number of carbonyl (C=O) groups is 2. The molecule has 2 atom stereocenters. The van der Waals surface area contributed by atoms with Crippen LogP contribution < -0.4 is 0 Å². The number of carboxylic acid groups (broad SMARTS) is 1. The quantitative estimate of drug-likeness (QED) is 0.851. The maximum Gasteiger partial charge on any atom is 0.410 e. The molecule has 0 spiro atoms. The number of amides is 1. The zero-order valence-electron chi connectivity index (χ0n) is 15.0. The molecule has 8 heteroatoms. The molecule has 1 heterocycles. The van der Waals surface area contributed by atoms with Gasteiger partial charge in [-0.3, -0.25) is 4.79 Å². The highest BCUT2D eigenvalue weighted by Gasteiger charge is 2.34. The maximum atomic E-state index is 13.8. The highest BCUT2D eigenvalue weighted by Crippen LogP contribution is 2.33. The molecule has 0 bridgehead atoms. The van der Waals surface area contributed by atoms with Crippen LogP contribution in [0.2, 0.25) is 5.02 Å². The van der Waals surface area contributed by atoms with Gasteiger partial charge in [0, 0.05) is 19.0 Å². The summed E-state index contributed by atoms with van der Waals surface area (Å²) >= 11 is 5.72. The van der Waals surface area contributed by atoms with Crippen molar-refractivity contribution in [1.82, 2.24) is 4.90 Å². The Morgan fingerprint density at radius 2 is 2.12 bits per heavy atom. The Morgan fingerprint density at radius 3 is 2.69 bits per heavy atom. The van der Waals surface area contributed by atoms with Gasteiger partial charge in [-0.25, -0.2) is 9.18 Å². The highest BCUT2D eigenvalue weighted by molar-refractivity contribution is 6.30. The second-order valence-electron chi connectivity index (χ2n) is 7.25. The van der Waals surface area contributed by atoms with E-state index < -0.39 is 35.5 Å². The fourth-order valence-electron chi connectivity index (χ4n) is 2.84. The Kier molecular flexibility index (Phi) is 6.47. The zero-order valence-corrected chi connectivity index (χ0v) is 15.8. The minimum absolute atomic E-state index is 0.0208. The summed E-state index contributed by atoms with van der Waals surface area (Å²) in [7, 11) is 0. The number of ether oxygens (including phenoxy) is 2. The molecule has 144 valence electrons. The van der Waals surface area contributed by atoms with Crippen molar-refractivity contribution in [2.24, 2.45) is 5.92 Å². The summed E-state index contributed by atoms with van der Waals surface area (Å²) in [5.41, 5.74) is -0.171. The van der Waals surface area contributed by atoms with Crippen LogP contribution in [0.15, 0.2) is 18.2 Å². The van der Waals surface area contributed by atoms with Crippen molar-refractivity contribution in [1.29, 1.82) is 0 Å². The van der Waals surface area contributed by atoms with Crippen LogP contribution in [0.25, 0.3) is 0 Å². The van der Waals surface area contributed by atoms with E-state index in [1.807, 2.05) is 0 Å². The van der Waals surface area contributed by atoms with Crippen LogP contribution in [0, 0.1) is 11.7 Å². The molecule has 1 aliphatic heterocycles. The van der Waals surface area contributed by atoms with Crippen LogP contribution in [0.4, 0.5) is 9.18 Å². The van der Waals surface area contributed by atoms with Crippen LogP contribution in [-0.4, -0.2) is 47.4 Å². The minimum atomic E-state index is -1.02. The lowest BCUT2D eigenvalue weighted by atomic mass is 9.92. The maximum absolute atomic E-state index is 13.8. The van der Waals surface area contributed by atoms with Gasteiger partial charge in [-0.1, -0.05) is 17.7 Å². The summed E-state index contributed by atoms with van der Waals surface area (Å²) in [4.78, 5) is 25.1. The smallest absolute Gasteiger partial charge is 0.410 e. The molecule has 6 nitrogen and oxygen atoms in total. The van der Waals surface area contributed by atoms with Gasteiger partial charge in [0.2, 0.25) is 0 Å². The first-order valence-electron chi connectivity index (χ1n) is 8.33. The summed E-state index contributed by atoms with van der Waals surface area (Å²) in [6.07, 6.45) is -1.42. The van der Waals surface area contributed by atoms with E-state index >= 15 is 0 Å². The molecular weight excluding hydrogens is 365 g/mol. The first kappa shape index (κ1) is 20.5. The Bertz CT molecular complexity index is 676. The predicted octanol–water partition coefficient (Wildman–Crippen LogP) is 3.88. The average molecular weight is 388 g/mol. The second-order valence-corrected chi connectivity index (χ2v) is 7.66. The van der Waals surface area contributed by atoms with Crippen molar-refractivity contribution in [2.75, 3.05) is 19.7 Å². The van der Waals surface area contributed by atoms with Crippen LogP contribution in [0.1, 0.15) is 38.9 Å². The van der Waals surface area contributed by atoms with E-state index in [-0.39, 0.29) is 31.1 Å². The molecule has 1 aliphatic rings. The predicted molar refractivity (Wildman–Crippen MR) is 93.7 cm³/mol. The molecule has 1 saturated heterocycles. The zero-order chi connectivity index (χ0) is 19.5. The number of nitrogens with zero attached hydrogens (tertiary/aromatic N) is 1.